The van der Waals surface area contributed by atoms with E-state index in [1.807, 2.05) is 4.90 Å². The summed E-state index contributed by atoms with van der Waals surface area (Å²) >= 11 is 0. The molecule has 5 heteroatoms. The highest BCUT2D eigenvalue weighted by atomic mass is 19.1. The minimum atomic E-state index is -0.812. The van der Waals surface area contributed by atoms with Gasteiger partial charge in [-0.25, -0.2) is 4.39 Å². The van der Waals surface area contributed by atoms with E-state index in [0.717, 1.165) is 31.5 Å². The third-order valence-electron chi connectivity index (χ3n) is 4.11. The summed E-state index contributed by atoms with van der Waals surface area (Å²) in [6.07, 6.45) is 3.57. The number of carboxylic acids is 1. The molecule has 1 aliphatic heterocycles. The fourth-order valence-corrected chi connectivity index (χ4v) is 2.89. The summed E-state index contributed by atoms with van der Waals surface area (Å²) in [5.74, 6) is -0.498. The van der Waals surface area contributed by atoms with Gasteiger partial charge in [-0.15, -0.1) is 0 Å². The second kappa shape index (κ2) is 7.92. The van der Waals surface area contributed by atoms with Crippen LogP contribution in [0.15, 0.2) is 24.3 Å². The number of hydrogen-bond donors (Lipinski definition) is 1. The summed E-state index contributed by atoms with van der Waals surface area (Å²) in [4.78, 5) is 24.4. The zero-order valence-electron chi connectivity index (χ0n) is 12.6. The van der Waals surface area contributed by atoms with E-state index < -0.39 is 5.97 Å². The number of carboxylic acid groups (broad SMARTS) is 1. The van der Waals surface area contributed by atoms with Gasteiger partial charge < -0.3 is 10.0 Å². The first-order chi connectivity index (χ1) is 10.5. The van der Waals surface area contributed by atoms with Crippen LogP contribution in [0.3, 0.4) is 0 Å². The van der Waals surface area contributed by atoms with Gasteiger partial charge in [0.25, 0.3) is 0 Å². The summed E-state index contributed by atoms with van der Waals surface area (Å²) in [7, 11) is 0. The Balaban J connectivity index is 1.71. The summed E-state index contributed by atoms with van der Waals surface area (Å²) in [5.41, 5.74) is 1.10. The van der Waals surface area contributed by atoms with E-state index in [1.54, 1.807) is 12.1 Å². The van der Waals surface area contributed by atoms with Crippen molar-refractivity contribution in [2.45, 2.75) is 38.5 Å². The van der Waals surface area contributed by atoms with Gasteiger partial charge in [0.1, 0.15) is 5.82 Å². The normalized spacial score (nSPS) is 17.7. The maximum atomic E-state index is 12.9. The molecule has 4 nitrogen and oxygen atoms in total. The molecule has 0 bridgehead atoms. The number of amides is 1. The average molecular weight is 307 g/mol. The summed E-state index contributed by atoms with van der Waals surface area (Å²) in [6, 6.07) is 6.53. The molecule has 1 amide bonds. The minimum Gasteiger partial charge on any atom is -0.481 e. The topological polar surface area (TPSA) is 57.6 Å². The lowest BCUT2D eigenvalue weighted by atomic mass is 9.99. The maximum Gasteiger partial charge on any atom is 0.303 e. The number of rotatable bonds is 7. The Labute approximate surface area is 129 Å². The Morgan fingerprint density at radius 1 is 1.18 bits per heavy atom. The summed E-state index contributed by atoms with van der Waals surface area (Å²) < 4.78 is 12.9. The average Bonchev–Trinajstić information content (AvgIpc) is 2.94. The van der Waals surface area contributed by atoms with Crippen LogP contribution in [0.5, 0.6) is 0 Å². The second-order valence-corrected chi connectivity index (χ2v) is 5.93. The predicted octanol–water partition coefficient (Wildman–Crippen LogP) is 2.86. The minimum absolute atomic E-state index is 0.118. The molecule has 1 unspecified atom stereocenters. The monoisotopic (exact) mass is 307 g/mol. The second-order valence-electron chi connectivity index (χ2n) is 5.93. The fourth-order valence-electron chi connectivity index (χ4n) is 2.89. The lowest BCUT2D eigenvalue weighted by Crippen LogP contribution is -2.28. The van der Waals surface area contributed by atoms with E-state index in [9.17, 15) is 14.0 Å². The van der Waals surface area contributed by atoms with E-state index in [0.29, 0.717) is 25.2 Å². The molecule has 0 saturated carbocycles. The van der Waals surface area contributed by atoms with Crippen LogP contribution in [0, 0.1) is 11.7 Å². The largest absolute Gasteiger partial charge is 0.481 e. The van der Waals surface area contributed by atoms with Gasteiger partial charge in [-0.2, -0.15) is 0 Å². The standard InChI is InChI=1S/C17H22FNO3/c18-15-7-5-13(6-8-15)11-14-9-10-19(12-14)16(20)3-1-2-4-17(21)22/h5-8,14H,1-4,9-12H2,(H,21,22). The van der Waals surface area contributed by atoms with Crippen molar-refractivity contribution in [3.8, 4) is 0 Å². The lowest BCUT2D eigenvalue weighted by molar-refractivity contribution is -0.137. The number of carbonyl (C=O) groups is 2. The molecule has 1 aromatic rings. The summed E-state index contributed by atoms with van der Waals surface area (Å²) in [6.45, 7) is 1.51. The first kappa shape index (κ1) is 16.5. The van der Waals surface area contributed by atoms with Crippen LogP contribution < -0.4 is 0 Å². The molecule has 1 saturated heterocycles. The van der Waals surface area contributed by atoms with Crippen LogP contribution in [0.2, 0.25) is 0 Å². The molecule has 1 heterocycles. The molecule has 0 aromatic heterocycles. The molecule has 0 spiro atoms. The van der Waals surface area contributed by atoms with Crippen LogP contribution in [-0.4, -0.2) is 35.0 Å². The van der Waals surface area contributed by atoms with Crippen molar-refractivity contribution in [3.63, 3.8) is 0 Å². The quantitative estimate of drug-likeness (QED) is 0.788. The number of aliphatic carboxylic acids is 1. The molecule has 0 aliphatic carbocycles. The third-order valence-corrected chi connectivity index (χ3v) is 4.11. The van der Waals surface area contributed by atoms with Gasteiger partial charge in [-0.1, -0.05) is 12.1 Å². The molecule has 1 fully saturated rings. The SMILES string of the molecule is O=C(O)CCCCC(=O)N1CCC(Cc2ccc(F)cc2)C1. The zero-order chi connectivity index (χ0) is 15.9. The van der Waals surface area contributed by atoms with E-state index in [1.165, 1.54) is 12.1 Å². The van der Waals surface area contributed by atoms with Crippen molar-refractivity contribution in [3.05, 3.63) is 35.6 Å². The number of halogens is 1. The maximum absolute atomic E-state index is 12.9. The van der Waals surface area contributed by atoms with Gasteiger partial charge >= 0.3 is 5.97 Å². The first-order valence-electron chi connectivity index (χ1n) is 7.78. The van der Waals surface area contributed by atoms with Gasteiger partial charge in [-0.3, -0.25) is 9.59 Å². The van der Waals surface area contributed by atoms with Crippen molar-refractivity contribution < 1.29 is 19.1 Å². The van der Waals surface area contributed by atoms with Crippen molar-refractivity contribution in [1.29, 1.82) is 0 Å². The van der Waals surface area contributed by atoms with Crippen molar-refractivity contribution in [2.75, 3.05) is 13.1 Å². The van der Waals surface area contributed by atoms with Crippen LogP contribution in [0.25, 0.3) is 0 Å². The smallest absolute Gasteiger partial charge is 0.303 e. The molecule has 2 rings (SSSR count). The predicted molar refractivity (Wildman–Crippen MR) is 80.9 cm³/mol. The van der Waals surface area contributed by atoms with Gasteiger partial charge in [-0.05, 0) is 49.3 Å². The number of likely N-dealkylation sites (tertiary alicyclic amines) is 1. The molecule has 1 atom stereocenters. The fraction of sp³-hybridized carbons (Fsp3) is 0.529. The van der Waals surface area contributed by atoms with Crippen molar-refractivity contribution in [1.82, 2.24) is 4.90 Å². The number of hydrogen-bond acceptors (Lipinski definition) is 2. The van der Waals surface area contributed by atoms with Crippen molar-refractivity contribution >= 4 is 11.9 Å². The highest BCUT2D eigenvalue weighted by Crippen LogP contribution is 2.22. The third kappa shape index (κ3) is 5.13. The molecule has 120 valence electrons. The Morgan fingerprint density at radius 2 is 1.86 bits per heavy atom. The van der Waals surface area contributed by atoms with E-state index in [4.69, 9.17) is 5.11 Å². The van der Waals surface area contributed by atoms with Gasteiger partial charge in [0.05, 0.1) is 0 Å². The van der Waals surface area contributed by atoms with Crippen LogP contribution in [0.1, 0.15) is 37.7 Å². The molecule has 1 aromatic carbocycles. The van der Waals surface area contributed by atoms with Gasteiger partial charge in [0.15, 0.2) is 0 Å². The molecule has 22 heavy (non-hydrogen) atoms. The van der Waals surface area contributed by atoms with Crippen LogP contribution in [0.4, 0.5) is 4.39 Å². The van der Waals surface area contributed by atoms with E-state index >= 15 is 0 Å². The van der Waals surface area contributed by atoms with E-state index in [-0.39, 0.29) is 18.1 Å². The van der Waals surface area contributed by atoms with E-state index in [2.05, 4.69) is 0 Å². The Hall–Kier alpha value is -1.91. The number of benzene rings is 1. The molecular formula is C17H22FNO3. The molecule has 1 N–H and O–H groups in total. The molecule has 0 radical (unpaired) electrons. The number of carbonyl (C=O) groups excluding carboxylic acids is 1. The molecule has 1 aliphatic rings. The highest BCUT2D eigenvalue weighted by molar-refractivity contribution is 5.76. The van der Waals surface area contributed by atoms with Crippen LogP contribution >= 0.6 is 0 Å². The van der Waals surface area contributed by atoms with Gasteiger partial charge in [0, 0.05) is 25.9 Å². The lowest BCUT2D eigenvalue weighted by Gasteiger charge is -2.16. The Kier molecular flexibility index (Phi) is 5.92. The Morgan fingerprint density at radius 3 is 2.55 bits per heavy atom. The van der Waals surface area contributed by atoms with Crippen LogP contribution in [-0.2, 0) is 16.0 Å². The van der Waals surface area contributed by atoms with Gasteiger partial charge in [0.2, 0.25) is 5.91 Å². The zero-order valence-corrected chi connectivity index (χ0v) is 12.6. The molecular weight excluding hydrogens is 285 g/mol. The summed E-state index contributed by atoms with van der Waals surface area (Å²) in [5, 5.41) is 8.56. The Bertz CT molecular complexity index is 515. The van der Waals surface area contributed by atoms with Crippen molar-refractivity contribution in [2.24, 2.45) is 5.92 Å². The number of unbranched alkanes of at least 4 members (excludes halogenated alkanes) is 1. The highest BCUT2D eigenvalue weighted by Gasteiger charge is 2.25. The first-order valence-corrected chi connectivity index (χ1v) is 7.78. The number of nitrogens with zero attached hydrogens (tertiary/aromatic N) is 1.